The highest BCUT2D eigenvalue weighted by Gasteiger charge is 2.19. The Kier molecular flexibility index (Phi) is 7.99. The molecule has 260 valence electrons. The Morgan fingerprint density at radius 3 is 1.80 bits per heavy atom. The van der Waals surface area contributed by atoms with E-state index in [2.05, 4.69) is 149 Å². The van der Waals surface area contributed by atoms with Crippen LogP contribution in [0.15, 0.2) is 176 Å². The van der Waals surface area contributed by atoms with E-state index in [9.17, 15) is 0 Å². The summed E-state index contributed by atoms with van der Waals surface area (Å²) in [7, 11) is 0. The van der Waals surface area contributed by atoms with Crippen molar-refractivity contribution in [2.75, 3.05) is 0 Å². The van der Waals surface area contributed by atoms with Crippen molar-refractivity contribution in [1.29, 1.82) is 0 Å². The monoisotopic (exact) mass is 706 g/mol. The number of para-hydroxylation sites is 2. The number of rotatable bonds is 7. The Bertz CT molecular complexity index is 2940. The molecule has 0 aliphatic rings. The molecule has 0 saturated heterocycles. The van der Waals surface area contributed by atoms with Crippen LogP contribution in [0.1, 0.15) is 12.7 Å². The smallest absolute Gasteiger partial charge is 0.114 e. The van der Waals surface area contributed by atoms with Crippen molar-refractivity contribution >= 4 is 32.7 Å². The van der Waals surface area contributed by atoms with Gasteiger partial charge in [0.05, 0.1) is 45.0 Å². The lowest BCUT2D eigenvalue weighted by Gasteiger charge is -2.13. The Morgan fingerprint density at radius 2 is 1.11 bits per heavy atom. The lowest BCUT2D eigenvalue weighted by Crippen LogP contribution is -1.99. The molecule has 6 nitrogen and oxygen atoms in total. The summed E-state index contributed by atoms with van der Waals surface area (Å²) in [6.07, 6.45) is 4.41. The Labute approximate surface area is 318 Å². The van der Waals surface area contributed by atoms with Crippen LogP contribution in [0.2, 0.25) is 0 Å². The van der Waals surface area contributed by atoms with Gasteiger partial charge in [0, 0.05) is 40.8 Å². The first-order valence-corrected chi connectivity index (χ1v) is 18.6. The highest BCUT2D eigenvalue weighted by molar-refractivity contribution is 6.20. The van der Waals surface area contributed by atoms with E-state index in [1.165, 1.54) is 0 Å². The maximum Gasteiger partial charge on any atom is 0.114 e. The molecule has 0 radical (unpaired) electrons. The maximum atomic E-state index is 5.32. The summed E-state index contributed by atoms with van der Waals surface area (Å²) in [6.45, 7) is 2.17. The summed E-state index contributed by atoms with van der Waals surface area (Å²) in [5, 5.41) is 3.34. The SMILES string of the molecule is CCc1nc2c3c(-c4ccc(-c5cccc(-c6cc(-c7ccccn7)nc(-c7ccccn7)c6)c5)cc4)nc4ccccc4c3ccc2n1-c1ccccc1. The largest absolute Gasteiger partial charge is 0.296 e. The third-order valence-corrected chi connectivity index (χ3v) is 10.3. The second kappa shape index (κ2) is 13.6. The number of imidazole rings is 1. The van der Waals surface area contributed by atoms with Crippen LogP contribution >= 0.6 is 0 Å². The van der Waals surface area contributed by atoms with E-state index in [0.29, 0.717) is 0 Å². The summed E-state index contributed by atoms with van der Waals surface area (Å²) in [5.41, 5.74) is 13.7. The van der Waals surface area contributed by atoms with Gasteiger partial charge in [-0.05, 0) is 94.4 Å². The quantitative estimate of drug-likeness (QED) is 0.154. The molecule has 0 saturated carbocycles. The molecule has 0 aliphatic carbocycles. The third-order valence-electron chi connectivity index (χ3n) is 10.3. The summed E-state index contributed by atoms with van der Waals surface area (Å²) >= 11 is 0. The van der Waals surface area contributed by atoms with Gasteiger partial charge in [-0.15, -0.1) is 0 Å². The molecule has 10 aromatic rings. The van der Waals surface area contributed by atoms with Crippen LogP contribution in [0.4, 0.5) is 0 Å². The lowest BCUT2D eigenvalue weighted by atomic mass is 9.95. The number of aromatic nitrogens is 6. The Balaban J connectivity index is 1.09. The van der Waals surface area contributed by atoms with Gasteiger partial charge in [-0.3, -0.25) is 14.5 Å². The number of benzene rings is 5. The molecule has 0 aliphatic heterocycles. The first-order valence-electron chi connectivity index (χ1n) is 18.6. The lowest BCUT2D eigenvalue weighted by molar-refractivity contribution is 0.908. The second-order valence-corrected chi connectivity index (χ2v) is 13.6. The molecule has 10 rings (SSSR count). The van der Waals surface area contributed by atoms with Crippen LogP contribution in [0, 0.1) is 0 Å². The molecule has 0 spiro atoms. The summed E-state index contributed by atoms with van der Waals surface area (Å²) in [6, 6.07) is 56.8. The van der Waals surface area contributed by atoms with Gasteiger partial charge in [-0.1, -0.05) is 104 Å². The molecule has 55 heavy (non-hydrogen) atoms. The van der Waals surface area contributed by atoms with Crippen molar-refractivity contribution in [2.24, 2.45) is 0 Å². The van der Waals surface area contributed by atoms with E-state index in [0.717, 1.165) is 107 Å². The molecule has 5 aromatic carbocycles. The van der Waals surface area contributed by atoms with E-state index in [4.69, 9.17) is 15.0 Å². The fourth-order valence-electron chi connectivity index (χ4n) is 7.63. The minimum Gasteiger partial charge on any atom is -0.296 e. The van der Waals surface area contributed by atoms with Crippen LogP contribution < -0.4 is 0 Å². The number of aryl methyl sites for hydroxylation is 1. The van der Waals surface area contributed by atoms with E-state index in [-0.39, 0.29) is 0 Å². The second-order valence-electron chi connectivity index (χ2n) is 13.6. The average Bonchev–Trinajstić information content (AvgIpc) is 3.66. The number of hydrogen-bond acceptors (Lipinski definition) is 5. The van der Waals surface area contributed by atoms with Crippen LogP contribution in [-0.2, 0) is 6.42 Å². The summed E-state index contributed by atoms with van der Waals surface area (Å²) < 4.78 is 2.28. The van der Waals surface area contributed by atoms with Crippen molar-refractivity contribution in [3.63, 3.8) is 0 Å². The molecule has 6 heteroatoms. The van der Waals surface area contributed by atoms with Crippen LogP contribution in [0.3, 0.4) is 0 Å². The normalized spacial score (nSPS) is 11.4. The number of nitrogens with zero attached hydrogens (tertiary/aromatic N) is 6. The maximum absolute atomic E-state index is 5.32. The highest BCUT2D eigenvalue weighted by atomic mass is 15.1. The van der Waals surface area contributed by atoms with Crippen molar-refractivity contribution in [1.82, 2.24) is 29.5 Å². The topological polar surface area (TPSA) is 69.4 Å². The number of fused-ring (bicyclic) bond motifs is 5. The predicted molar refractivity (Wildman–Crippen MR) is 224 cm³/mol. The van der Waals surface area contributed by atoms with Gasteiger partial charge in [0.15, 0.2) is 0 Å². The molecule has 0 unspecified atom stereocenters. The number of hydrogen-bond donors (Lipinski definition) is 0. The zero-order chi connectivity index (χ0) is 36.7. The van der Waals surface area contributed by atoms with E-state index in [1.54, 1.807) is 12.4 Å². The molecule has 5 aromatic heterocycles. The molecule has 0 atom stereocenters. The molecule has 0 bridgehead atoms. The Morgan fingerprint density at radius 1 is 0.455 bits per heavy atom. The van der Waals surface area contributed by atoms with Gasteiger partial charge in [0.1, 0.15) is 5.82 Å². The standard InChI is InChI=1S/C49H34N6/c1-2-46-54-49-45(55(46)37-15-4-3-5-16-37)26-25-39-38-17-6-7-18-40(38)53-48(47(39)49)33-23-21-32(22-24-33)34-13-12-14-35(29-34)36-30-43(41-19-8-10-27-50-41)52-44(31-36)42-20-9-11-28-51-42/h3-31H,2H2,1H3. The third kappa shape index (κ3) is 5.81. The van der Waals surface area contributed by atoms with Gasteiger partial charge in [0.25, 0.3) is 0 Å². The molecule has 0 N–H and O–H groups in total. The molecular formula is C49H34N6. The average molecular weight is 707 g/mol. The van der Waals surface area contributed by atoms with Gasteiger partial charge < -0.3 is 0 Å². The molecule has 0 amide bonds. The zero-order valence-corrected chi connectivity index (χ0v) is 30.1. The number of pyridine rings is 4. The molecular weight excluding hydrogens is 673 g/mol. The van der Waals surface area contributed by atoms with Crippen molar-refractivity contribution in [3.8, 4) is 62.0 Å². The fourth-order valence-corrected chi connectivity index (χ4v) is 7.63. The van der Waals surface area contributed by atoms with Crippen LogP contribution in [0.5, 0.6) is 0 Å². The van der Waals surface area contributed by atoms with Crippen LogP contribution in [-0.4, -0.2) is 29.5 Å². The van der Waals surface area contributed by atoms with E-state index >= 15 is 0 Å². The first-order chi connectivity index (χ1) is 27.2. The van der Waals surface area contributed by atoms with Gasteiger partial charge in [0.2, 0.25) is 0 Å². The van der Waals surface area contributed by atoms with Crippen molar-refractivity contribution < 1.29 is 0 Å². The minimum absolute atomic E-state index is 0.803. The Hall–Kier alpha value is -7.31. The van der Waals surface area contributed by atoms with Gasteiger partial charge in [-0.2, -0.15) is 0 Å². The fraction of sp³-hybridized carbons (Fsp3) is 0.0408. The predicted octanol–water partition coefficient (Wildman–Crippen LogP) is 11.8. The highest BCUT2D eigenvalue weighted by Crippen LogP contribution is 2.39. The van der Waals surface area contributed by atoms with E-state index < -0.39 is 0 Å². The first kappa shape index (κ1) is 32.3. The summed E-state index contributed by atoms with van der Waals surface area (Å²) in [5.74, 6) is 1.02. The van der Waals surface area contributed by atoms with Gasteiger partial charge >= 0.3 is 0 Å². The zero-order valence-electron chi connectivity index (χ0n) is 30.1. The molecule has 5 heterocycles. The minimum atomic E-state index is 0.803. The summed E-state index contributed by atoms with van der Waals surface area (Å²) in [4.78, 5) is 24.8. The van der Waals surface area contributed by atoms with Crippen molar-refractivity contribution in [2.45, 2.75) is 13.3 Å². The van der Waals surface area contributed by atoms with Crippen LogP contribution in [0.25, 0.3) is 94.7 Å². The van der Waals surface area contributed by atoms with Gasteiger partial charge in [-0.25, -0.2) is 15.0 Å². The van der Waals surface area contributed by atoms with E-state index in [1.807, 2.05) is 36.4 Å². The molecule has 0 fully saturated rings. The van der Waals surface area contributed by atoms with Crippen molar-refractivity contribution in [3.05, 3.63) is 182 Å².